The number of aromatic carboxylic acids is 1. The Morgan fingerprint density at radius 2 is 2.07 bits per heavy atom. The van der Waals surface area contributed by atoms with Crippen LogP contribution < -0.4 is 0 Å². The van der Waals surface area contributed by atoms with Gasteiger partial charge in [0.25, 0.3) is 0 Å². The standard InChI is InChI=1S/C10H7NO3/c12-7-1-2-8-6(3-7)4-11-5-9(8)10(13)14/h1-5,12H,(H,13,14). The number of rotatable bonds is 1. The summed E-state index contributed by atoms with van der Waals surface area (Å²) >= 11 is 0. The maximum atomic E-state index is 10.8. The fourth-order valence-corrected chi connectivity index (χ4v) is 1.33. The molecule has 1 heterocycles. The van der Waals surface area contributed by atoms with E-state index in [9.17, 15) is 9.90 Å². The molecule has 1 aromatic heterocycles. The number of nitrogens with zero attached hydrogens (tertiary/aromatic N) is 1. The molecule has 0 saturated carbocycles. The van der Waals surface area contributed by atoms with Crippen LogP contribution in [0.2, 0.25) is 0 Å². The van der Waals surface area contributed by atoms with Crippen molar-refractivity contribution in [2.75, 3.05) is 0 Å². The summed E-state index contributed by atoms with van der Waals surface area (Å²) in [6.45, 7) is 0. The van der Waals surface area contributed by atoms with E-state index < -0.39 is 5.97 Å². The Morgan fingerprint density at radius 3 is 2.79 bits per heavy atom. The molecule has 2 rings (SSSR count). The van der Waals surface area contributed by atoms with E-state index in [-0.39, 0.29) is 11.3 Å². The quantitative estimate of drug-likeness (QED) is 0.715. The molecular weight excluding hydrogens is 182 g/mol. The van der Waals surface area contributed by atoms with E-state index in [0.29, 0.717) is 10.8 Å². The molecule has 0 aliphatic rings. The van der Waals surface area contributed by atoms with Gasteiger partial charge in [-0.15, -0.1) is 0 Å². The molecule has 0 atom stereocenters. The summed E-state index contributed by atoms with van der Waals surface area (Å²) in [5.41, 5.74) is 0.141. The minimum atomic E-state index is -1.02. The van der Waals surface area contributed by atoms with E-state index in [1.807, 2.05) is 0 Å². The Morgan fingerprint density at radius 1 is 1.29 bits per heavy atom. The third-order valence-electron chi connectivity index (χ3n) is 1.97. The van der Waals surface area contributed by atoms with Crippen LogP contribution in [0.5, 0.6) is 5.75 Å². The molecule has 0 bridgehead atoms. The van der Waals surface area contributed by atoms with Gasteiger partial charge in [-0.25, -0.2) is 4.79 Å². The fraction of sp³-hybridized carbons (Fsp3) is 0. The molecule has 0 amide bonds. The van der Waals surface area contributed by atoms with Gasteiger partial charge in [-0.05, 0) is 23.6 Å². The zero-order chi connectivity index (χ0) is 10.1. The molecule has 70 valence electrons. The summed E-state index contributed by atoms with van der Waals surface area (Å²) in [6, 6.07) is 4.50. The zero-order valence-corrected chi connectivity index (χ0v) is 7.14. The van der Waals surface area contributed by atoms with E-state index >= 15 is 0 Å². The highest BCUT2D eigenvalue weighted by atomic mass is 16.4. The summed E-state index contributed by atoms with van der Waals surface area (Å²) in [5.74, 6) is -0.921. The highest BCUT2D eigenvalue weighted by molar-refractivity contribution is 6.03. The molecule has 14 heavy (non-hydrogen) atoms. The van der Waals surface area contributed by atoms with Crippen LogP contribution in [0.25, 0.3) is 10.8 Å². The lowest BCUT2D eigenvalue weighted by atomic mass is 10.1. The van der Waals surface area contributed by atoms with Crippen molar-refractivity contribution in [2.24, 2.45) is 0 Å². The van der Waals surface area contributed by atoms with Gasteiger partial charge in [0.1, 0.15) is 5.75 Å². The van der Waals surface area contributed by atoms with Crippen LogP contribution in [0.3, 0.4) is 0 Å². The number of pyridine rings is 1. The number of aromatic hydroxyl groups is 1. The van der Waals surface area contributed by atoms with Crippen LogP contribution in [0.4, 0.5) is 0 Å². The SMILES string of the molecule is O=C(O)c1cncc2cc(O)ccc12. The van der Waals surface area contributed by atoms with Crippen molar-refractivity contribution in [1.82, 2.24) is 4.98 Å². The van der Waals surface area contributed by atoms with Gasteiger partial charge in [0.15, 0.2) is 0 Å². The lowest BCUT2D eigenvalue weighted by Gasteiger charge is -2.01. The van der Waals surface area contributed by atoms with Gasteiger partial charge < -0.3 is 10.2 Å². The van der Waals surface area contributed by atoms with Crippen molar-refractivity contribution in [1.29, 1.82) is 0 Å². The summed E-state index contributed by atoms with van der Waals surface area (Å²) in [6.07, 6.45) is 2.81. The maximum absolute atomic E-state index is 10.8. The minimum Gasteiger partial charge on any atom is -0.508 e. The average Bonchev–Trinajstić information content (AvgIpc) is 2.16. The van der Waals surface area contributed by atoms with E-state index in [1.54, 1.807) is 6.07 Å². The van der Waals surface area contributed by atoms with Crippen LogP contribution in [0, 0.1) is 0 Å². The Balaban J connectivity index is 2.81. The molecule has 0 radical (unpaired) electrons. The lowest BCUT2D eigenvalue weighted by Crippen LogP contribution is -1.97. The van der Waals surface area contributed by atoms with Crippen molar-refractivity contribution in [2.45, 2.75) is 0 Å². The van der Waals surface area contributed by atoms with Gasteiger partial charge in [0.05, 0.1) is 5.56 Å². The number of benzene rings is 1. The third-order valence-corrected chi connectivity index (χ3v) is 1.97. The van der Waals surface area contributed by atoms with E-state index in [1.165, 1.54) is 24.5 Å². The topological polar surface area (TPSA) is 70.4 Å². The van der Waals surface area contributed by atoms with Crippen LogP contribution in [-0.4, -0.2) is 21.2 Å². The smallest absolute Gasteiger partial charge is 0.337 e. The summed E-state index contributed by atoms with van der Waals surface area (Å²) < 4.78 is 0. The monoisotopic (exact) mass is 189 g/mol. The second kappa shape index (κ2) is 2.99. The van der Waals surface area contributed by atoms with Gasteiger partial charge >= 0.3 is 5.97 Å². The molecule has 1 aromatic carbocycles. The van der Waals surface area contributed by atoms with Crippen molar-refractivity contribution in [3.63, 3.8) is 0 Å². The summed E-state index contributed by atoms with van der Waals surface area (Å²) in [4.78, 5) is 14.6. The molecule has 0 spiro atoms. The fourth-order valence-electron chi connectivity index (χ4n) is 1.33. The molecule has 0 aliphatic heterocycles. The first-order valence-electron chi connectivity index (χ1n) is 3.98. The van der Waals surface area contributed by atoms with Crippen molar-refractivity contribution in [3.05, 3.63) is 36.2 Å². The van der Waals surface area contributed by atoms with Crippen LogP contribution in [0.15, 0.2) is 30.6 Å². The van der Waals surface area contributed by atoms with Gasteiger partial charge in [-0.1, -0.05) is 0 Å². The molecule has 4 heteroatoms. The molecule has 0 saturated heterocycles. The van der Waals surface area contributed by atoms with E-state index in [4.69, 9.17) is 5.11 Å². The summed E-state index contributed by atoms with van der Waals surface area (Å²) in [7, 11) is 0. The Hall–Kier alpha value is -2.10. The number of carboxylic acids is 1. The van der Waals surface area contributed by atoms with Crippen LogP contribution in [-0.2, 0) is 0 Å². The minimum absolute atomic E-state index is 0.0989. The van der Waals surface area contributed by atoms with Crippen LogP contribution in [0.1, 0.15) is 10.4 Å². The van der Waals surface area contributed by atoms with E-state index in [2.05, 4.69) is 4.98 Å². The van der Waals surface area contributed by atoms with Gasteiger partial charge in [-0.2, -0.15) is 0 Å². The molecule has 2 N–H and O–H groups in total. The number of fused-ring (bicyclic) bond motifs is 1. The highest BCUT2D eigenvalue weighted by Crippen LogP contribution is 2.21. The van der Waals surface area contributed by atoms with Gasteiger partial charge in [-0.3, -0.25) is 4.98 Å². The highest BCUT2D eigenvalue weighted by Gasteiger charge is 2.08. The molecule has 4 nitrogen and oxygen atoms in total. The van der Waals surface area contributed by atoms with E-state index in [0.717, 1.165) is 0 Å². The lowest BCUT2D eigenvalue weighted by molar-refractivity contribution is 0.0698. The third kappa shape index (κ3) is 1.26. The first kappa shape index (κ1) is 8.50. The number of carbonyl (C=O) groups is 1. The van der Waals surface area contributed by atoms with Crippen molar-refractivity contribution >= 4 is 16.7 Å². The average molecular weight is 189 g/mol. The second-order valence-corrected chi connectivity index (χ2v) is 2.90. The normalized spacial score (nSPS) is 10.3. The Bertz CT molecular complexity index is 508. The number of aromatic nitrogens is 1. The Kier molecular flexibility index (Phi) is 1.81. The number of phenolic OH excluding ortho intramolecular Hbond substituents is 1. The number of hydrogen-bond donors (Lipinski definition) is 2. The van der Waals surface area contributed by atoms with Crippen molar-refractivity contribution < 1.29 is 15.0 Å². The predicted octanol–water partition coefficient (Wildman–Crippen LogP) is 1.64. The molecule has 2 aromatic rings. The maximum Gasteiger partial charge on any atom is 0.337 e. The Labute approximate surface area is 79.4 Å². The number of hydrogen-bond acceptors (Lipinski definition) is 3. The second-order valence-electron chi connectivity index (χ2n) is 2.90. The number of carboxylic acid groups (broad SMARTS) is 1. The van der Waals surface area contributed by atoms with Crippen LogP contribution >= 0.6 is 0 Å². The number of phenols is 1. The predicted molar refractivity (Wildman–Crippen MR) is 50.4 cm³/mol. The molecular formula is C10H7NO3. The molecule has 0 unspecified atom stereocenters. The van der Waals surface area contributed by atoms with Gasteiger partial charge in [0, 0.05) is 17.8 Å². The largest absolute Gasteiger partial charge is 0.508 e. The van der Waals surface area contributed by atoms with Gasteiger partial charge in [0.2, 0.25) is 0 Å². The molecule has 0 aliphatic carbocycles. The first-order valence-corrected chi connectivity index (χ1v) is 3.98. The molecule has 0 fully saturated rings. The first-order chi connectivity index (χ1) is 6.68. The zero-order valence-electron chi connectivity index (χ0n) is 7.14. The summed E-state index contributed by atoms with van der Waals surface area (Å²) in [5, 5.41) is 19.2. The van der Waals surface area contributed by atoms with Crippen molar-refractivity contribution in [3.8, 4) is 5.75 Å².